The Kier molecular flexibility index (Phi) is 5.74. The molecule has 0 atom stereocenters. The van der Waals surface area contributed by atoms with E-state index in [1.54, 1.807) is 0 Å². The highest BCUT2D eigenvalue weighted by molar-refractivity contribution is 5.96. The monoisotopic (exact) mass is 358 g/mol. The van der Waals surface area contributed by atoms with E-state index in [0.717, 1.165) is 25.2 Å². The fourth-order valence-corrected chi connectivity index (χ4v) is 3.53. The number of para-hydroxylation sites is 1. The Morgan fingerprint density at radius 2 is 1.56 bits per heavy atom. The fraction of sp³-hybridized carbons (Fsp3) is 0.350. The van der Waals surface area contributed by atoms with E-state index in [9.17, 15) is 4.79 Å². The number of ether oxygens (including phenoxy) is 1. The lowest BCUT2D eigenvalue weighted by Gasteiger charge is -2.30. The van der Waals surface area contributed by atoms with Crippen molar-refractivity contribution < 1.29 is 9.53 Å². The summed E-state index contributed by atoms with van der Waals surface area (Å²) in [5.74, 6) is 0.168. The molecule has 2 heterocycles. The van der Waals surface area contributed by atoms with Crippen molar-refractivity contribution in [3.05, 3.63) is 65.2 Å². The molecule has 0 radical (unpaired) electrons. The molecule has 0 saturated carbocycles. The summed E-state index contributed by atoms with van der Waals surface area (Å²) in [4.78, 5) is 17.2. The molecule has 0 aliphatic carbocycles. The summed E-state index contributed by atoms with van der Waals surface area (Å²) < 4.78 is 5.38. The summed E-state index contributed by atoms with van der Waals surface area (Å²) in [5.41, 5.74) is 4.82. The lowest BCUT2D eigenvalue weighted by molar-refractivity contribution is -0.120. The van der Waals surface area contributed by atoms with Crippen LogP contribution >= 0.6 is 12.4 Å². The molecule has 1 saturated heterocycles. The average molecular weight is 359 g/mol. The van der Waals surface area contributed by atoms with Crippen LogP contribution in [0.15, 0.2) is 48.5 Å². The van der Waals surface area contributed by atoms with E-state index >= 15 is 0 Å². The molecule has 2 aliphatic rings. The second-order valence-electron chi connectivity index (χ2n) is 6.44. The first-order valence-electron chi connectivity index (χ1n) is 8.56. The Hall–Kier alpha value is -1.88. The highest BCUT2D eigenvalue weighted by Crippen LogP contribution is 2.30. The molecule has 2 aromatic carbocycles. The Labute approximate surface area is 154 Å². The molecule has 25 heavy (non-hydrogen) atoms. The third kappa shape index (κ3) is 3.87. The van der Waals surface area contributed by atoms with E-state index in [-0.39, 0.29) is 18.3 Å². The quantitative estimate of drug-likeness (QED) is 0.827. The van der Waals surface area contributed by atoms with Crippen LogP contribution in [0.3, 0.4) is 0 Å². The zero-order valence-corrected chi connectivity index (χ0v) is 15.0. The standard InChI is InChI=1S/C20H22N2O2.ClH/c23-20(15-21-9-11-24-12-10-21)22-14-18-7-2-1-5-16(18)13-17-6-3-4-8-19(17)22;/h1-8H,9-15H2;1H. The Balaban J connectivity index is 0.00000182. The van der Waals surface area contributed by atoms with Crippen molar-refractivity contribution in [2.45, 2.75) is 13.0 Å². The van der Waals surface area contributed by atoms with E-state index < -0.39 is 0 Å². The van der Waals surface area contributed by atoms with Crippen molar-refractivity contribution in [1.82, 2.24) is 4.90 Å². The molecule has 0 bridgehead atoms. The van der Waals surface area contributed by atoms with Crippen LogP contribution in [0.25, 0.3) is 0 Å². The van der Waals surface area contributed by atoms with Crippen molar-refractivity contribution in [2.24, 2.45) is 0 Å². The molecule has 1 fully saturated rings. The van der Waals surface area contributed by atoms with Gasteiger partial charge in [-0.3, -0.25) is 9.69 Å². The smallest absolute Gasteiger partial charge is 0.241 e. The van der Waals surface area contributed by atoms with E-state index in [4.69, 9.17) is 4.74 Å². The molecular weight excluding hydrogens is 336 g/mol. The van der Waals surface area contributed by atoms with Crippen molar-refractivity contribution in [3.8, 4) is 0 Å². The van der Waals surface area contributed by atoms with Gasteiger partial charge >= 0.3 is 0 Å². The van der Waals surface area contributed by atoms with Gasteiger partial charge in [-0.25, -0.2) is 0 Å². The topological polar surface area (TPSA) is 32.8 Å². The van der Waals surface area contributed by atoms with Crippen molar-refractivity contribution in [1.29, 1.82) is 0 Å². The van der Waals surface area contributed by atoms with Gasteiger partial charge in [-0.2, -0.15) is 0 Å². The number of carbonyl (C=O) groups is 1. The van der Waals surface area contributed by atoms with Gasteiger partial charge in [0, 0.05) is 18.8 Å². The summed E-state index contributed by atoms with van der Waals surface area (Å²) in [5, 5.41) is 0. The molecule has 4 nitrogen and oxygen atoms in total. The molecular formula is C20H23ClN2O2. The SMILES string of the molecule is Cl.O=C(CN1CCOCC1)N1Cc2ccccc2Cc2ccccc21. The van der Waals surface area contributed by atoms with Crippen LogP contribution in [-0.2, 0) is 22.5 Å². The Morgan fingerprint density at radius 1 is 0.920 bits per heavy atom. The maximum Gasteiger partial charge on any atom is 0.241 e. The van der Waals surface area contributed by atoms with Gasteiger partial charge < -0.3 is 9.64 Å². The normalized spacial score (nSPS) is 17.0. The van der Waals surface area contributed by atoms with Gasteiger partial charge in [-0.05, 0) is 29.2 Å². The Morgan fingerprint density at radius 3 is 2.32 bits per heavy atom. The van der Waals surface area contributed by atoms with Crippen molar-refractivity contribution in [3.63, 3.8) is 0 Å². The average Bonchev–Trinajstić information content (AvgIpc) is 2.79. The first-order chi connectivity index (χ1) is 11.8. The highest BCUT2D eigenvalue weighted by Gasteiger charge is 2.25. The van der Waals surface area contributed by atoms with Crippen LogP contribution in [0, 0.1) is 0 Å². The van der Waals surface area contributed by atoms with Gasteiger partial charge in [0.15, 0.2) is 0 Å². The minimum Gasteiger partial charge on any atom is -0.379 e. The number of rotatable bonds is 2. The first kappa shape index (κ1) is 17.9. The molecule has 0 N–H and O–H groups in total. The summed E-state index contributed by atoms with van der Waals surface area (Å²) in [6.45, 7) is 4.20. The lowest BCUT2D eigenvalue weighted by Crippen LogP contribution is -2.44. The number of halogens is 1. The number of benzene rings is 2. The number of hydrogen-bond donors (Lipinski definition) is 0. The van der Waals surface area contributed by atoms with Gasteiger partial charge in [0.1, 0.15) is 0 Å². The molecule has 0 aromatic heterocycles. The zero-order valence-electron chi connectivity index (χ0n) is 14.2. The predicted octanol–water partition coefficient (Wildman–Crippen LogP) is 2.88. The molecule has 2 aliphatic heterocycles. The van der Waals surface area contributed by atoms with E-state index in [2.05, 4.69) is 47.4 Å². The molecule has 4 rings (SSSR count). The van der Waals surface area contributed by atoms with Gasteiger partial charge in [0.05, 0.1) is 26.3 Å². The first-order valence-corrected chi connectivity index (χ1v) is 8.56. The lowest BCUT2D eigenvalue weighted by atomic mass is 10.0. The number of nitrogens with zero attached hydrogens (tertiary/aromatic N) is 2. The third-order valence-corrected chi connectivity index (χ3v) is 4.87. The molecule has 0 unspecified atom stereocenters. The van der Waals surface area contributed by atoms with Crippen LogP contribution < -0.4 is 4.90 Å². The van der Waals surface area contributed by atoms with Crippen molar-refractivity contribution in [2.75, 3.05) is 37.7 Å². The molecule has 0 spiro atoms. The van der Waals surface area contributed by atoms with Gasteiger partial charge in [-0.15, -0.1) is 12.4 Å². The number of hydrogen-bond acceptors (Lipinski definition) is 3. The maximum absolute atomic E-state index is 13.0. The summed E-state index contributed by atoms with van der Waals surface area (Å²) in [7, 11) is 0. The number of morpholine rings is 1. The summed E-state index contributed by atoms with van der Waals surface area (Å²) in [6.07, 6.45) is 0.883. The fourth-order valence-electron chi connectivity index (χ4n) is 3.53. The largest absolute Gasteiger partial charge is 0.379 e. The van der Waals surface area contributed by atoms with Crippen LogP contribution in [0.2, 0.25) is 0 Å². The number of amides is 1. The number of carbonyl (C=O) groups excluding carboxylic acids is 1. The Bertz CT molecular complexity index is 744. The van der Waals surface area contributed by atoms with Crippen LogP contribution in [0.5, 0.6) is 0 Å². The zero-order chi connectivity index (χ0) is 16.4. The number of anilines is 1. The van der Waals surface area contributed by atoms with Crippen LogP contribution in [0.4, 0.5) is 5.69 Å². The molecule has 5 heteroatoms. The van der Waals surface area contributed by atoms with Crippen LogP contribution in [-0.4, -0.2) is 43.7 Å². The minimum atomic E-state index is 0. The van der Waals surface area contributed by atoms with Crippen molar-refractivity contribution >= 4 is 24.0 Å². The molecule has 1 amide bonds. The van der Waals surface area contributed by atoms with Crippen LogP contribution in [0.1, 0.15) is 16.7 Å². The van der Waals surface area contributed by atoms with E-state index in [0.29, 0.717) is 26.3 Å². The van der Waals surface area contributed by atoms with Gasteiger partial charge in [-0.1, -0.05) is 42.5 Å². The predicted molar refractivity (Wildman–Crippen MR) is 101 cm³/mol. The minimum absolute atomic E-state index is 0. The third-order valence-electron chi connectivity index (χ3n) is 4.87. The molecule has 132 valence electrons. The maximum atomic E-state index is 13.0. The molecule has 2 aromatic rings. The summed E-state index contributed by atoms with van der Waals surface area (Å²) in [6, 6.07) is 16.7. The van der Waals surface area contributed by atoms with E-state index in [1.807, 2.05) is 11.0 Å². The van der Waals surface area contributed by atoms with Gasteiger partial charge in [0.25, 0.3) is 0 Å². The second-order valence-corrected chi connectivity index (χ2v) is 6.44. The second kappa shape index (κ2) is 8.00. The van der Waals surface area contributed by atoms with E-state index in [1.165, 1.54) is 16.7 Å². The number of fused-ring (bicyclic) bond motifs is 2. The van der Waals surface area contributed by atoms with Gasteiger partial charge in [0.2, 0.25) is 5.91 Å². The highest BCUT2D eigenvalue weighted by atomic mass is 35.5. The summed E-state index contributed by atoms with van der Waals surface area (Å²) >= 11 is 0.